The van der Waals surface area contributed by atoms with Crippen molar-refractivity contribution in [2.24, 2.45) is 0 Å². The van der Waals surface area contributed by atoms with Gasteiger partial charge in [0.25, 0.3) is 0 Å². The number of carbonyl (C=O) groups excluding carboxylic acids is 1. The van der Waals surface area contributed by atoms with E-state index in [0.29, 0.717) is 49.3 Å². The zero-order chi connectivity index (χ0) is 21.0. The van der Waals surface area contributed by atoms with Crippen molar-refractivity contribution in [3.8, 4) is 0 Å². The Morgan fingerprint density at radius 1 is 1.17 bits per heavy atom. The van der Waals surface area contributed by atoms with Crippen LogP contribution < -0.4 is 4.90 Å². The van der Waals surface area contributed by atoms with Crippen LogP contribution in [0.5, 0.6) is 0 Å². The maximum Gasteiger partial charge on any atom is 0.373 e. The van der Waals surface area contributed by atoms with E-state index < -0.39 is 16.0 Å². The van der Waals surface area contributed by atoms with Gasteiger partial charge in [-0.15, -0.1) is 0 Å². The van der Waals surface area contributed by atoms with Crippen molar-refractivity contribution in [2.45, 2.75) is 37.6 Å². The van der Waals surface area contributed by atoms with Gasteiger partial charge in [-0.3, -0.25) is 0 Å². The molecule has 1 fully saturated rings. The molecule has 1 aliphatic heterocycles. The zero-order valence-electron chi connectivity index (χ0n) is 17.2. The molecule has 29 heavy (non-hydrogen) atoms. The summed E-state index contributed by atoms with van der Waals surface area (Å²) in [4.78, 5) is 13.1. The van der Waals surface area contributed by atoms with Crippen molar-refractivity contribution in [1.29, 1.82) is 0 Å². The van der Waals surface area contributed by atoms with E-state index in [1.54, 1.807) is 28.6 Å². The van der Waals surface area contributed by atoms with Gasteiger partial charge in [0.2, 0.25) is 15.8 Å². The molecule has 0 bridgehead atoms. The maximum absolute atomic E-state index is 13.0. The summed E-state index contributed by atoms with van der Waals surface area (Å²) in [5.41, 5.74) is 1.16. The van der Waals surface area contributed by atoms with Crippen molar-refractivity contribution >= 4 is 16.0 Å². The summed E-state index contributed by atoms with van der Waals surface area (Å²) in [6.07, 6.45) is 1.02. The number of quaternary nitrogens is 1. The zero-order valence-corrected chi connectivity index (χ0v) is 18.0. The number of rotatable bonds is 7. The highest BCUT2D eigenvalue weighted by Gasteiger charge is 2.31. The summed E-state index contributed by atoms with van der Waals surface area (Å²) in [7, 11) is -2.17. The van der Waals surface area contributed by atoms with Crippen LogP contribution in [-0.4, -0.2) is 52.0 Å². The van der Waals surface area contributed by atoms with Gasteiger partial charge in [0, 0.05) is 0 Å². The smallest absolute Gasteiger partial charge is 0.373 e. The molecule has 0 saturated carbocycles. The highest BCUT2D eigenvalue weighted by Crippen LogP contribution is 2.22. The number of nitrogens with zero attached hydrogens (tertiary/aromatic N) is 1. The number of ether oxygens (including phenoxy) is 1. The molecule has 8 heteroatoms. The number of hydrogen-bond acceptors (Lipinski definition) is 5. The number of piperazine rings is 1. The van der Waals surface area contributed by atoms with Crippen LogP contribution in [0.4, 0.5) is 0 Å². The molecule has 1 N–H and O–H groups in total. The minimum absolute atomic E-state index is 0.184. The number of carbonyl (C=O) groups is 1. The minimum Gasteiger partial charge on any atom is -0.463 e. The molecule has 3 rings (SSSR count). The molecule has 0 amide bonds. The molecular weight excluding hydrogens is 392 g/mol. The number of methoxy groups -OCH3 is 1. The molecule has 1 saturated heterocycles. The SMILES string of the molecule is CC[C@@H](C)c1ccc(S(=O)(=O)N2CC[NH+](Cc3ccc(C(=O)OC)o3)CC2)cc1. The van der Waals surface area contributed by atoms with Crippen molar-refractivity contribution in [3.05, 3.63) is 53.5 Å². The summed E-state index contributed by atoms with van der Waals surface area (Å²) < 4.78 is 37.6. The van der Waals surface area contributed by atoms with Gasteiger partial charge in [0.15, 0.2) is 5.76 Å². The molecule has 7 nitrogen and oxygen atoms in total. The number of hydrogen-bond donors (Lipinski definition) is 1. The molecule has 0 radical (unpaired) electrons. The molecule has 1 atom stereocenters. The summed E-state index contributed by atoms with van der Waals surface area (Å²) in [6, 6.07) is 10.6. The van der Waals surface area contributed by atoms with Crippen molar-refractivity contribution in [2.75, 3.05) is 33.3 Å². The Morgan fingerprint density at radius 2 is 1.83 bits per heavy atom. The Bertz CT molecular complexity index is 928. The fourth-order valence-electron chi connectivity index (χ4n) is 3.50. The molecule has 2 heterocycles. The van der Waals surface area contributed by atoms with Gasteiger partial charge in [-0.25, -0.2) is 13.2 Å². The average molecular weight is 422 g/mol. The first kappa shape index (κ1) is 21.5. The average Bonchev–Trinajstić information content (AvgIpc) is 3.21. The first-order chi connectivity index (χ1) is 13.8. The molecule has 1 aromatic carbocycles. The summed E-state index contributed by atoms with van der Waals surface area (Å²) >= 11 is 0. The number of sulfonamides is 1. The van der Waals surface area contributed by atoms with E-state index in [1.165, 1.54) is 12.0 Å². The quantitative estimate of drug-likeness (QED) is 0.688. The van der Waals surface area contributed by atoms with Gasteiger partial charge in [0.1, 0.15) is 6.54 Å². The first-order valence-electron chi connectivity index (χ1n) is 9.95. The van der Waals surface area contributed by atoms with Crippen LogP contribution >= 0.6 is 0 Å². The largest absolute Gasteiger partial charge is 0.463 e. The van der Waals surface area contributed by atoms with E-state index in [-0.39, 0.29) is 5.76 Å². The molecular formula is C21H29N2O5S+. The van der Waals surface area contributed by atoms with Crippen LogP contribution in [0.3, 0.4) is 0 Å². The van der Waals surface area contributed by atoms with Gasteiger partial charge in [-0.05, 0) is 42.2 Å². The minimum atomic E-state index is -3.48. The predicted molar refractivity (Wildman–Crippen MR) is 108 cm³/mol. The lowest BCUT2D eigenvalue weighted by molar-refractivity contribution is -0.918. The van der Waals surface area contributed by atoms with Crippen molar-refractivity contribution < 1.29 is 27.3 Å². The van der Waals surface area contributed by atoms with E-state index >= 15 is 0 Å². The molecule has 0 unspecified atom stereocenters. The lowest BCUT2D eigenvalue weighted by Gasteiger charge is -2.31. The van der Waals surface area contributed by atoms with E-state index in [0.717, 1.165) is 12.0 Å². The topological polar surface area (TPSA) is 81.3 Å². The Morgan fingerprint density at radius 3 is 2.41 bits per heavy atom. The van der Waals surface area contributed by atoms with E-state index in [2.05, 4.69) is 18.6 Å². The Kier molecular flexibility index (Phi) is 6.77. The normalized spacial score (nSPS) is 17.2. The summed E-state index contributed by atoms with van der Waals surface area (Å²) in [5, 5.41) is 0. The van der Waals surface area contributed by atoms with E-state index in [9.17, 15) is 13.2 Å². The second kappa shape index (κ2) is 9.11. The highest BCUT2D eigenvalue weighted by molar-refractivity contribution is 7.89. The molecule has 158 valence electrons. The fourth-order valence-corrected chi connectivity index (χ4v) is 4.94. The third kappa shape index (κ3) is 4.88. The van der Waals surface area contributed by atoms with Gasteiger partial charge < -0.3 is 14.1 Å². The van der Waals surface area contributed by atoms with E-state index in [1.807, 2.05) is 12.1 Å². The second-order valence-electron chi connectivity index (χ2n) is 7.47. The van der Waals surface area contributed by atoms with Crippen LogP contribution in [0.15, 0.2) is 45.7 Å². The number of nitrogens with one attached hydrogen (secondary N) is 1. The Labute approximate surface area is 172 Å². The van der Waals surface area contributed by atoms with Gasteiger partial charge in [-0.2, -0.15) is 4.31 Å². The first-order valence-corrected chi connectivity index (χ1v) is 11.4. The van der Waals surface area contributed by atoms with Gasteiger partial charge in [-0.1, -0.05) is 26.0 Å². The monoisotopic (exact) mass is 421 g/mol. The van der Waals surface area contributed by atoms with E-state index in [4.69, 9.17) is 4.42 Å². The van der Waals surface area contributed by atoms with Crippen LogP contribution in [0.2, 0.25) is 0 Å². The van der Waals surface area contributed by atoms with Gasteiger partial charge >= 0.3 is 5.97 Å². The highest BCUT2D eigenvalue weighted by atomic mass is 32.2. The second-order valence-corrected chi connectivity index (χ2v) is 9.40. The number of benzene rings is 1. The molecule has 0 spiro atoms. The number of furan rings is 1. The Balaban J connectivity index is 1.59. The molecule has 2 aromatic rings. The lowest BCUT2D eigenvalue weighted by atomic mass is 9.99. The molecule has 0 aliphatic carbocycles. The van der Waals surface area contributed by atoms with Gasteiger partial charge in [0.05, 0.1) is 38.2 Å². The van der Waals surface area contributed by atoms with Crippen molar-refractivity contribution in [3.63, 3.8) is 0 Å². The third-order valence-electron chi connectivity index (χ3n) is 5.60. The summed E-state index contributed by atoms with van der Waals surface area (Å²) in [6.45, 7) is 7.13. The summed E-state index contributed by atoms with van der Waals surface area (Å²) in [5.74, 6) is 0.794. The van der Waals surface area contributed by atoms with Crippen LogP contribution in [0, 0.1) is 0 Å². The Hall–Kier alpha value is -2.16. The third-order valence-corrected chi connectivity index (χ3v) is 7.51. The van der Waals surface area contributed by atoms with Crippen molar-refractivity contribution in [1.82, 2.24) is 4.31 Å². The maximum atomic E-state index is 13.0. The predicted octanol–water partition coefficient (Wildman–Crippen LogP) is 1.67. The molecule has 1 aromatic heterocycles. The number of esters is 1. The standard InChI is InChI=1S/C21H28N2O5S/c1-4-16(2)17-5-8-19(9-6-17)29(25,26)23-13-11-22(12-14-23)15-18-7-10-20(28-18)21(24)27-3/h5-10,16H,4,11-15H2,1-3H3/p+1/t16-/m1/s1. The van der Waals surface area contributed by atoms with Crippen LogP contribution in [-0.2, 0) is 21.3 Å². The fraction of sp³-hybridized carbons (Fsp3) is 0.476. The molecule has 1 aliphatic rings. The van der Waals surface area contributed by atoms with Crippen LogP contribution in [0.25, 0.3) is 0 Å². The van der Waals surface area contributed by atoms with Crippen LogP contribution in [0.1, 0.15) is 48.1 Å². The lowest BCUT2D eigenvalue weighted by Crippen LogP contribution is -3.13.